The number of nitrogens with zero attached hydrogens (tertiary/aromatic N) is 3. The highest BCUT2D eigenvalue weighted by molar-refractivity contribution is 9.10. The Labute approximate surface area is 126 Å². The summed E-state index contributed by atoms with van der Waals surface area (Å²) in [5.74, 6) is 0.896. The maximum atomic E-state index is 4.46. The van der Waals surface area contributed by atoms with Gasteiger partial charge in [0.1, 0.15) is 5.82 Å². The van der Waals surface area contributed by atoms with Gasteiger partial charge in [-0.05, 0) is 22.9 Å². The van der Waals surface area contributed by atoms with E-state index in [0.29, 0.717) is 0 Å². The van der Waals surface area contributed by atoms with Crippen molar-refractivity contribution in [1.29, 1.82) is 0 Å². The number of hydrogen-bond acceptors (Lipinski definition) is 3. The molecule has 5 heteroatoms. The van der Waals surface area contributed by atoms with Crippen molar-refractivity contribution in [3.63, 3.8) is 0 Å². The lowest BCUT2D eigenvalue weighted by molar-refractivity contribution is 0.659. The van der Waals surface area contributed by atoms with Crippen molar-refractivity contribution in [2.24, 2.45) is 0 Å². The topological polar surface area (TPSA) is 42.7 Å². The van der Waals surface area contributed by atoms with E-state index in [1.165, 1.54) is 0 Å². The van der Waals surface area contributed by atoms with Crippen LogP contribution in [0, 0.1) is 0 Å². The third-order valence-corrected chi connectivity index (χ3v) is 3.85. The summed E-state index contributed by atoms with van der Waals surface area (Å²) in [4.78, 5) is 4.46. The molecular formula is C15H15BrN4. The van der Waals surface area contributed by atoms with Crippen LogP contribution in [0.15, 0.2) is 47.3 Å². The number of anilines is 1. The van der Waals surface area contributed by atoms with Crippen LogP contribution in [0.5, 0.6) is 0 Å². The van der Waals surface area contributed by atoms with Crippen LogP contribution in [0.2, 0.25) is 0 Å². The molecule has 2 heterocycles. The molecule has 0 aliphatic carbocycles. The molecule has 3 aromatic rings. The fourth-order valence-corrected chi connectivity index (χ4v) is 2.60. The van der Waals surface area contributed by atoms with Crippen LogP contribution >= 0.6 is 15.9 Å². The minimum Gasteiger partial charge on any atom is -0.365 e. The molecule has 0 fully saturated rings. The zero-order valence-corrected chi connectivity index (χ0v) is 12.8. The smallest absolute Gasteiger partial charge is 0.134 e. The van der Waals surface area contributed by atoms with Crippen molar-refractivity contribution in [3.8, 4) is 0 Å². The molecule has 0 radical (unpaired) electrons. The first-order valence-corrected chi connectivity index (χ1v) is 7.35. The average Bonchev–Trinajstić information content (AvgIpc) is 2.95. The van der Waals surface area contributed by atoms with E-state index in [-0.39, 0.29) is 0 Å². The highest BCUT2D eigenvalue weighted by Gasteiger charge is 2.05. The minimum atomic E-state index is 0.721. The first kappa shape index (κ1) is 13.1. The third kappa shape index (κ3) is 2.54. The number of benzene rings is 1. The number of pyridine rings is 1. The molecule has 0 aliphatic heterocycles. The SMILES string of the molecule is CCn1cc(CNc2ncc(Br)c3ccccc23)cn1. The molecule has 3 rings (SSSR count). The van der Waals surface area contributed by atoms with Crippen molar-refractivity contribution in [3.05, 3.63) is 52.9 Å². The van der Waals surface area contributed by atoms with E-state index >= 15 is 0 Å². The van der Waals surface area contributed by atoms with Gasteiger partial charge in [-0.3, -0.25) is 4.68 Å². The minimum absolute atomic E-state index is 0.721. The Morgan fingerprint density at radius 3 is 2.75 bits per heavy atom. The number of aromatic nitrogens is 3. The van der Waals surface area contributed by atoms with Gasteiger partial charge in [0.15, 0.2) is 0 Å². The zero-order valence-electron chi connectivity index (χ0n) is 11.2. The van der Waals surface area contributed by atoms with Gasteiger partial charge in [0, 0.05) is 46.3 Å². The number of hydrogen-bond donors (Lipinski definition) is 1. The van der Waals surface area contributed by atoms with Gasteiger partial charge in [-0.2, -0.15) is 5.10 Å². The van der Waals surface area contributed by atoms with Gasteiger partial charge < -0.3 is 5.32 Å². The quantitative estimate of drug-likeness (QED) is 0.790. The molecule has 0 unspecified atom stereocenters. The molecule has 2 aromatic heterocycles. The number of halogens is 1. The highest BCUT2D eigenvalue weighted by atomic mass is 79.9. The summed E-state index contributed by atoms with van der Waals surface area (Å²) in [5.41, 5.74) is 1.15. The molecule has 0 bridgehead atoms. The molecule has 0 amide bonds. The second-order valence-corrected chi connectivity index (χ2v) is 5.41. The summed E-state index contributed by atoms with van der Waals surface area (Å²) >= 11 is 3.54. The fourth-order valence-electron chi connectivity index (χ4n) is 2.16. The molecule has 0 saturated carbocycles. The Morgan fingerprint density at radius 1 is 1.20 bits per heavy atom. The molecule has 0 saturated heterocycles. The predicted octanol–water partition coefficient (Wildman–Crippen LogP) is 3.83. The maximum absolute atomic E-state index is 4.46. The van der Waals surface area contributed by atoms with E-state index in [9.17, 15) is 0 Å². The third-order valence-electron chi connectivity index (χ3n) is 3.22. The van der Waals surface area contributed by atoms with Crippen LogP contribution in [-0.4, -0.2) is 14.8 Å². The van der Waals surface area contributed by atoms with Crippen LogP contribution in [0.1, 0.15) is 12.5 Å². The van der Waals surface area contributed by atoms with E-state index < -0.39 is 0 Å². The van der Waals surface area contributed by atoms with E-state index in [4.69, 9.17) is 0 Å². The molecule has 20 heavy (non-hydrogen) atoms. The fraction of sp³-hybridized carbons (Fsp3) is 0.200. The van der Waals surface area contributed by atoms with E-state index in [1.54, 1.807) is 0 Å². The predicted molar refractivity (Wildman–Crippen MR) is 84.7 cm³/mol. The lowest BCUT2D eigenvalue weighted by atomic mass is 10.1. The summed E-state index contributed by atoms with van der Waals surface area (Å²) in [6.45, 7) is 3.69. The molecular weight excluding hydrogens is 316 g/mol. The monoisotopic (exact) mass is 330 g/mol. The van der Waals surface area contributed by atoms with Gasteiger partial charge in [0.05, 0.1) is 6.20 Å². The van der Waals surface area contributed by atoms with Crippen LogP contribution in [0.3, 0.4) is 0 Å². The molecule has 0 spiro atoms. The lowest BCUT2D eigenvalue weighted by Crippen LogP contribution is -2.01. The first-order valence-electron chi connectivity index (χ1n) is 6.56. The molecule has 0 atom stereocenters. The molecule has 0 aliphatic rings. The number of aryl methyl sites for hydroxylation is 1. The second kappa shape index (κ2) is 5.63. The summed E-state index contributed by atoms with van der Waals surface area (Å²) < 4.78 is 2.93. The number of fused-ring (bicyclic) bond motifs is 1. The van der Waals surface area contributed by atoms with Crippen molar-refractivity contribution in [1.82, 2.24) is 14.8 Å². The standard InChI is InChI=1S/C15H15BrN4/c1-2-20-10-11(8-19-20)7-17-15-13-6-4-3-5-12(13)14(16)9-18-15/h3-6,8-10H,2,7H2,1H3,(H,17,18). The molecule has 1 N–H and O–H groups in total. The Hall–Kier alpha value is -1.88. The normalized spacial score (nSPS) is 10.9. The van der Waals surface area contributed by atoms with Crippen LogP contribution in [-0.2, 0) is 13.1 Å². The Kier molecular flexibility index (Phi) is 3.69. The number of nitrogens with one attached hydrogen (secondary N) is 1. The first-order chi connectivity index (χ1) is 9.78. The molecule has 4 nitrogen and oxygen atoms in total. The van der Waals surface area contributed by atoms with Gasteiger partial charge in [-0.1, -0.05) is 24.3 Å². The van der Waals surface area contributed by atoms with Crippen LogP contribution in [0.4, 0.5) is 5.82 Å². The number of rotatable bonds is 4. The van der Waals surface area contributed by atoms with Gasteiger partial charge in [-0.15, -0.1) is 0 Å². The zero-order chi connectivity index (χ0) is 13.9. The second-order valence-electron chi connectivity index (χ2n) is 4.56. The van der Waals surface area contributed by atoms with E-state index in [1.807, 2.05) is 35.4 Å². The average molecular weight is 331 g/mol. The summed E-state index contributed by atoms with van der Waals surface area (Å²) in [6, 6.07) is 8.21. The van der Waals surface area contributed by atoms with Crippen molar-refractivity contribution >= 4 is 32.5 Å². The lowest BCUT2D eigenvalue weighted by Gasteiger charge is -2.08. The summed E-state index contributed by atoms with van der Waals surface area (Å²) in [5, 5.41) is 9.93. The van der Waals surface area contributed by atoms with Gasteiger partial charge in [0.2, 0.25) is 0 Å². The largest absolute Gasteiger partial charge is 0.365 e. The molecule has 1 aromatic carbocycles. The summed E-state index contributed by atoms with van der Waals surface area (Å²) in [6.07, 6.45) is 5.77. The van der Waals surface area contributed by atoms with Crippen molar-refractivity contribution in [2.75, 3.05) is 5.32 Å². The highest BCUT2D eigenvalue weighted by Crippen LogP contribution is 2.27. The van der Waals surface area contributed by atoms with Crippen molar-refractivity contribution in [2.45, 2.75) is 20.0 Å². The Balaban J connectivity index is 1.86. The maximum Gasteiger partial charge on any atom is 0.134 e. The Morgan fingerprint density at radius 2 is 2.00 bits per heavy atom. The van der Waals surface area contributed by atoms with E-state index in [0.717, 1.165) is 39.7 Å². The van der Waals surface area contributed by atoms with Crippen LogP contribution in [0.25, 0.3) is 10.8 Å². The van der Waals surface area contributed by atoms with Crippen molar-refractivity contribution < 1.29 is 0 Å². The van der Waals surface area contributed by atoms with Crippen LogP contribution < -0.4 is 5.32 Å². The van der Waals surface area contributed by atoms with Gasteiger partial charge in [-0.25, -0.2) is 4.98 Å². The summed E-state index contributed by atoms with van der Waals surface area (Å²) in [7, 11) is 0. The van der Waals surface area contributed by atoms with Gasteiger partial charge in [0.25, 0.3) is 0 Å². The Bertz CT molecular complexity index is 736. The molecule has 102 valence electrons. The van der Waals surface area contributed by atoms with Gasteiger partial charge >= 0.3 is 0 Å². The van der Waals surface area contributed by atoms with E-state index in [2.05, 4.69) is 50.4 Å².